The lowest BCUT2D eigenvalue weighted by Gasteiger charge is -2.00. The molecule has 0 bridgehead atoms. The molecule has 0 saturated heterocycles. The topological polar surface area (TPSA) is 340 Å². The zero-order chi connectivity index (χ0) is 91.0. The van der Waals surface area contributed by atoms with Crippen molar-refractivity contribution < 1.29 is 45.2 Å². The number of aromatic nitrogens is 7. The lowest BCUT2D eigenvalue weighted by atomic mass is 10.2. The lowest BCUT2D eigenvalue weighted by molar-refractivity contribution is 0.415. The molecule has 648 valence electrons. The quantitative estimate of drug-likeness (QED) is 0.0447. The number of nitrogen functional groups attached to an aromatic ring is 3. The van der Waals surface area contributed by atoms with Gasteiger partial charge in [0.15, 0.2) is 0 Å². The Morgan fingerprint density at radius 2 is 0.581 bits per heavy atom. The van der Waals surface area contributed by atoms with Crippen molar-refractivity contribution in [2.45, 2.75) is 0 Å². The minimum Gasteiger partial charge on any atom is -0.508 e. The van der Waals surface area contributed by atoms with E-state index >= 15 is 0 Å². The van der Waals surface area contributed by atoms with E-state index in [0.29, 0.717) is 23.0 Å². The molecule has 14 N–H and O–H groups in total. The van der Waals surface area contributed by atoms with Gasteiger partial charge < -0.3 is 67.7 Å². The van der Waals surface area contributed by atoms with Crippen molar-refractivity contribution in [2.24, 2.45) is 0 Å². The van der Waals surface area contributed by atoms with Crippen molar-refractivity contribution in [1.82, 2.24) is 34.9 Å². The number of ether oxygens (including phenoxy) is 2. The number of nitrogens with two attached hydrogens (primary N) is 3. The van der Waals surface area contributed by atoms with Gasteiger partial charge in [-0.1, -0.05) is 15.9 Å². The van der Waals surface area contributed by atoms with Crippen molar-refractivity contribution in [2.75, 3.05) is 43.8 Å². The standard InChI is InChI=1S/2C14H11IN2OS.C14H10INO2S.C13H7BrINOS.2C13H9IN2OS.C13H8INO2S/c1-16-9-4-2-8(3-5-9)14-17-10-6-7-11(18)12(15)13(10)19-14;1-18-9-4-2-8(3-5-9)14-17-11-7-6-10(16)12(15)13(11)19-14;1-18-9-3-4-11-13(7-9)19-14(16-11)8-2-5-12(17)10(15)6-8;14-8-2-3-10-12(6-8)18-13(16-10)7-1-4-11(17)9(15)5-7;14-11-10(17)6-5-9-12(11)18-13(16-9)7-1-3-8(15)4-2-7;14-11-9(15)5-6-10-12(11)18-13(16-10)7-1-3-8(17)4-2-7;14-9-5-7(1-4-11(9)17)13-15-10-3-2-8(16)6-12(10)18-13/h2-7,16,18H,1H3;2-7H,16H2,1H3;2-7,17H,1H3;1-6,17H;2*1-6,17H,15H2;1-6,16-17H. The van der Waals surface area contributed by atoms with Gasteiger partial charge in [-0.2, -0.15) is 0 Å². The first-order chi connectivity index (χ1) is 62.1. The maximum atomic E-state index is 9.73. The number of benzene rings is 14. The highest BCUT2D eigenvalue weighted by molar-refractivity contribution is 14.1. The molecule has 0 aliphatic rings. The van der Waals surface area contributed by atoms with E-state index in [1.807, 2.05) is 183 Å². The number of nitrogens with one attached hydrogen (secondary N) is 1. The highest BCUT2D eigenvalue weighted by Crippen LogP contribution is 2.44. The molecule has 0 unspecified atom stereocenters. The van der Waals surface area contributed by atoms with Gasteiger partial charge in [0.25, 0.3) is 0 Å². The van der Waals surface area contributed by atoms with Gasteiger partial charge in [-0.3, -0.25) is 0 Å². The summed E-state index contributed by atoms with van der Waals surface area (Å²) < 4.78 is 25.3. The van der Waals surface area contributed by atoms with E-state index in [0.717, 1.165) is 209 Å². The summed E-state index contributed by atoms with van der Waals surface area (Å²) in [5.41, 5.74) is 34.8. The normalized spacial score (nSPS) is 10.9. The highest BCUT2D eigenvalue weighted by atomic mass is 127. The second-order valence-electron chi connectivity index (χ2n) is 27.6. The molecule has 7 aromatic heterocycles. The monoisotopic (exact) mass is 2680 g/mol. The van der Waals surface area contributed by atoms with Crippen LogP contribution >= 0.6 is 253 Å². The molecule has 0 aliphatic heterocycles. The van der Waals surface area contributed by atoms with E-state index in [-0.39, 0.29) is 17.2 Å². The third-order valence-corrected chi connectivity index (χ3v) is 35.7. The van der Waals surface area contributed by atoms with Crippen LogP contribution in [0.25, 0.3) is 146 Å². The third kappa shape index (κ3) is 23.0. The summed E-state index contributed by atoms with van der Waals surface area (Å²) in [5.74, 6) is 3.70. The van der Waals surface area contributed by atoms with Gasteiger partial charge >= 0.3 is 0 Å². The molecule has 0 radical (unpaired) electrons. The van der Waals surface area contributed by atoms with E-state index in [2.05, 4.69) is 232 Å². The summed E-state index contributed by atoms with van der Waals surface area (Å²) in [4.78, 5) is 32.2. The van der Waals surface area contributed by atoms with Crippen LogP contribution in [0.1, 0.15) is 0 Å². The first kappa shape index (κ1) is 94.9. The number of phenolic OH excluding ortho intramolecular Hbond substituents is 7. The molecular weight excluding hydrogens is 2620 g/mol. The number of thiazole rings is 7. The van der Waals surface area contributed by atoms with Gasteiger partial charge in [-0.25, -0.2) is 34.9 Å². The Morgan fingerprint density at radius 3 is 0.977 bits per heavy atom. The summed E-state index contributed by atoms with van der Waals surface area (Å²) in [7, 11) is 5.22. The molecule has 21 rings (SSSR count). The van der Waals surface area contributed by atoms with Gasteiger partial charge in [-0.05, 0) is 413 Å². The van der Waals surface area contributed by atoms with Gasteiger partial charge in [0.1, 0.15) is 86.8 Å². The molecule has 0 amide bonds. The van der Waals surface area contributed by atoms with Crippen LogP contribution in [-0.4, -0.2) is 91.9 Å². The largest absolute Gasteiger partial charge is 0.508 e. The van der Waals surface area contributed by atoms with Crippen LogP contribution in [0.15, 0.2) is 259 Å². The first-order valence-corrected chi connectivity index (χ1v) is 52.1. The van der Waals surface area contributed by atoms with Crippen LogP contribution in [0.3, 0.4) is 0 Å². The maximum Gasteiger partial charge on any atom is 0.130 e. The van der Waals surface area contributed by atoms with E-state index in [4.69, 9.17) is 26.7 Å². The summed E-state index contributed by atoms with van der Waals surface area (Å²) >= 11 is 29.9. The predicted octanol–water partition coefficient (Wildman–Crippen LogP) is 29.5. The minimum absolute atomic E-state index is 0.248. The summed E-state index contributed by atoms with van der Waals surface area (Å²) in [5, 5.41) is 76.5. The number of anilines is 4. The molecule has 21 aromatic rings. The highest BCUT2D eigenvalue weighted by Gasteiger charge is 2.19. The van der Waals surface area contributed by atoms with Crippen LogP contribution in [0.4, 0.5) is 22.7 Å². The Labute approximate surface area is 869 Å². The van der Waals surface area contributed by atoms with E-state index in [1.165, 1.54) is 11.3 Å². The number of hydrogen-bond acceptors (Lipinski definition) is 27. The zero-order valence-electron chi connectivity index (χ0n) is 66.9. The van der Waals surface area contributed by atoms with Gasteiger partial charge in [0, 0.05) is 73.2 Å². The molecule has 0 atom stereocenters. The lowest BCUT2D eigenvalue weighted by Crippen LogP contribution is -1.87. The predicted molar refractivity (Wildman–Crippen MR) is 600 cm³/mol. The van der Waals surface area contributed by atoms with Crippen LogP contribution < -0.4 is 32.0 Å². The van der Waals surface area contributed by atoms with Crippen molar-refractivity contribution in [1.29, 1.82) is 0 Å². The Balaban J connectivity index is 0.000000116. The molecule has 35 heteroatoms. The molecule has 129 heavy (non-hydrogen) atoms. The molecule has 0 saturated carbocycles. The second kappa shape index (κ2) is 42.9. The van der Waals surface area contributed by atoms with Crippen molar-refractivity contribution in [3.05, 3.63) is 284 Å². The van der Waals surface area contributed by atoms with Crippen molar-refractivity contribution in [3.8, 4) is 126 Å². The number of hydrogen-bond donors (Lipinski definition) is 11. The fourth-order valence-corrected chi connectivity index (χ4v) is 24.5. The molecule has 7 heterocycles. The van der Waals surface area contributed by atoms with Crippen molar-refractivity contribution >= 4 is 348 Å². The van der Waals surface area contributed by atoms with E-state index < -0.39 is 0 Å². The zero-order valence-corrected chi connectivity index (χ0v) is 89.3. The first-order valence-electron chi connectivity index (χ1n) is 38.0. The van der Waals surface area contributed by atoms with E-state index in [9.17, 15) is 35.7 Å². The number of rotatable bonds is 10. The van der Waals surface area contributed by atoms with Crippen molar-refractivity contribution in [3.63, 3.8) is 0 Å². The second-order valence-corrected chi connectivity index (χ2v) is 43.4. The average molecular weight is 2690 g/mol. The molecule has 0 spiro atoms. The van der Waals surface area contributed by atoms with Gasteiger partial charge in [0.05, 0.1) is 111 Å². The summed E-state index contributed by atoms with van der Waals surface area (Å²) in [6, 6.07) is 79.1. The minimum atomic E-state index is 0.248. The summed E-state index contributed by atoms with van der Waals surface area (Å²) in [6.45, 7) is 0. The Morgan fingerprint density at radius 1 is 0.287 bits per heavy atom. The van der Waals surface area contributed by atoms with Crippen LogP contribution in [-0.2, 0) is 0 Å². The fraction of sp³-hybridized carbons (Fsp3) is 0.0319. The molecular formula is C94H65BrI7N11O9S7. The molecule has 14 aromatic carbocycles. The van der Waals surface area contributed by atoms with Crippen LogP contribution in [0.2, 0.25) is 0 Å². The number of fused-ring (bicyclic) bond motifs is 7. The molecule has 0 aliphatic carbocycles. The Hall–Kier alpha value is -8.70. The molecule has 0 fully saturated rings. The number of methoxy groups -OCH3 is 2. The Kier molecular flexibility index (Phi) is 31.6. The molecule has 20 nitrogen and oxygen atoms in total. The SMILES string of the molecule is CNc1ccc(-c2nc3ccc(O)c(I)c3s2)cc1.COc1ccc(-c2nc3ccc(N)c(I)c3s2)cc1.COc1ccc2nc(-c3ccc(O)c(I)c3)sc2c1.Nc1ccc(-c2nc3ccc(O)c(I)c3s2)cc1.Nc1ccc2nc(-c3ccc(O)cc3)sc2c1I.Oc1ccc(-c2nc3ccc(Br)cc3s2)cc1I.Oc1ccc2nc(-c3ccc(O)c(I)c3)sc2c1. The number of phenols is 7. The van der Waals surface area contributed by atoms with Gasteiger partial charge in [0.2, 0.25) is 0 Å². The smallest absolute Gasteiger partial charge is 0.130 e. The average Bonchev–Trinajstić information content (AvgIpc) is 1.66. The van der Waals surface area contributed by atoms with Crippen LogP contribution in [0, 0.1) is 25.0 Å². The fourth-order valence-electron chi connectivity index (χ4n) is 12.2. The number of nitrogens with zero attached hydrogens (tertiary/aromatic N) is 7. The van der Waals surface area contributed by atoms with Gasteiger partial charge in [-0.15, -0.1) is 79.4 Å². The summed E-state index contributed by atoms with van der Waals surface area (Å²) in [6.07, 6.45) is 0. The van der Waals surface area contributed by atoms with E-state index in [1.54, 1.807) is 143 Å². The van der Waals surface area contributed by atoms with Crippen LogP contribution in [0.5, 0.6) is 51.7 Å². The Bertz CT molecular complexity index is 7290. The number of aromatic hydroxyl groups is 7. The third-order valence-electron chi connectivity index (χ3n) is 18.9. The maximum absolute atomic E-state index is 9.73. The number of halogens is 8.